The number of thioether (sulfide) groups is 1. The van der Waals surface area contributed by atoms with Crippen LogP contribution < -0.4 is 15.4 Å². The number of halogens is 1. The van der Waals surface area contributed by atoms with Gasteiger partial charge in [0.05, 0.1) is 17.5 Å². The monoisotopic (exact) mass is 452 g/mol. The van der Waals surface area contributed by atoms with Crippen LogP contribution in [0, 0.1) is 12.7 Å². The average Bonchev–Trinajstić information content (AvgIpc) is 2.78. The molecule has 0 saturated carbocycles. The smallest absolute Gasteiger partial charge is 0.234 e. The highest BCUT2D eigenvalue weighted by molar-refractivity contribution is 8.00. The number of aryl methyl sites for hydroxylation is 1. The quantitative estimate of drug-likeness (QED) is 0.466. The van der Waals surface area contributed by atoms with Gasteiger partial charge in [0.1, 0.15) is 6.61 Å². The number of benzene rings is 3. The lowest BCUT2D eigenvalue weighted by atomic mass is 10.1. The van der Waals surface area contributed by atoms with Crippen molar-refractivity contribution in [2.24, 2.45) is 0 Å². The van der Waals surface area contributed by atoms with Gasteiger partial charge in [0.2, 0.25) is 11.8 Å². The number of hydrogen-bond acceptors (Lipinski definition) is 4. The minimum atomic E-state index is -0.458. The average molecular weight is 453 g/mol. The maximum absolute atomic E-state index is 13.9. The fraction of sp³-hybridized carbons (Fsp3) is 0.200. The predicted octanol–water partition coefficient (Wildman–Crippen LogP) is 4.74. The van der Waals surface area contributed by atoms with Crippen LogP contribution in [0.3, 0.4) is 0 Å². The van der Waals surface area contributed by atoms with Crippen LogP contribution in [0.15, 0.2) is 78.9 Å². The number of carbonyl (C=O) groups excluding carboxylic acids is 2. The van der Waals surface area contributed by atoms with E-state index in [0.29, 0.717) is 0 Å². The molecule has 1 unspecified atom stereocenters. The van der Waals surface area contributed by atoms with Crippen molar-refractivity contribution in [2.75, 3.05) is 23.4 Å². The Labute approximate surface area is 191 Å². The van der Waals surface area contributed by atoms with Gasteiger partial charge in [0, 0.05) is 5.69 Å². The first-order valence-electron chi connectivity index (χ1n) is 10.2. The van der Waals surface area contributed by atoms with Gasteiger partial charge in [-0.3, -0.25) is 9.59 Å². The highest BCUT2D eigenvalue weighted by atomic mass is 32.2. The zero-order valence-electron chi connectivity index (χ0n) is 17.7. The highest BCUT2D eigenvalue weighted by Gasteiger charge is 2.17. The van der Waals surface area contributed by atoms with Crippen molar-refractivity contribution in [3.63, 3.8) is 0 Å². The topological polar surface area (TPSA) is 67.4 Å². The molecule has 0 spiro atoms. The molecule has 3 rings (SSSR count). The van der Waals surface area contributed by atoms with Gasteiger partial charge in [0.15, 0.2) is 11.6 Å². The Morgan fingerprint density at radius 2 is 1.66 bits per heavy atom. The molecule has 3 aromatic rings. The van der Waals surface area contributed by atoms with E-state index >= 15 is 0 Å². The van der Waals surface area contributed by atoms with E-state index in [2.05, 4.69) is 10.6 Å². The third kappa shape index (κ3) is 7.42. The summed E-state index contributed by atoms with van der Waals surface area (Å²) in [7, 11) is 0. The molecular formula is C25H25FN2O3S. The molecular weight excluding hydrogens is 427 g/mol. The second kappa shape index (κ2) is 11.9. The maximum Gasteiger partial charge on any atom is 0.234 e. The Kier molecular flexibility index (Phi) is 8.69. The fourth-order valence-corrected chi connectivity index (χ4v) is 3.66. The van der Waals surface area contributed by atoms with Crippen molar-refractivity contribution in [3.05, 3.63) is 95.8 Å². The minimum absolute atomic E-state index is 0.0786. The van der Waals surface area contributed by atoms with Gasteiger partial charge < -0.3 is 15.4 Å². The molecule has 2 amide bonds. The summed E-state index contributed by atoms with van der Waals surface area (Å²) in [4.78, 5) is 24.6. The minimum Gasteiger partial charge on any atom is -0.488 e. The van der Waals surface area contributed by atoms with Gasteiger partial charge in [-0.1, -0.05) is 54.6 Å². The summed E-state index contributed by atoms with van der Waals surface area (Å²) in [6.07, 6.45) is 0. The van der Waals surface area contributed by atoms with Crippen LogP contribution in [0.1, 0.15) is 17.2 Å². The van der Waals surface area contributed by atoms with E-state index in [1.807, 2.05) is 61.5 Å². The molecule has 7 heteroatoms. The van der Waals surface area contributed by atoms with E-state index < -0.39 is 11.9 Å². The van der Waals surface area contributed by atoms with Crippen molar-refractivity contribution >= 4 is 29.3 Å². The molecule has 0 aromatic heterocycles. The maximum atomic E-state index is 13.9. The molecule has 0 bridgehead atoms. The van der Waals surface area contributed by atoms with Gasteiger partial charge in [-0.25, -0.2) is 4.39 Å². The highest BCUT2D eigenvalue weighted by Crippen LogP contribution is 2.19. The van der Waals surface area contributed by atoms with Crippen molar-refractivity contribution in [3.8, 4) is 5.75 Å². The molecule has 0 aliphatic rings. The van der Waals surface area contributed by atoms with Crippen molar-refractivity contribution in [2.45, 2.75) is 13.0 Å². The summed E-state index contributed by atoms with van der Waals surface area (Å²) >= 11 is 1.22. The third-order valence-electron chi connectivity index (χ3n) is 4.55. The van der Waals surface area contributed by atoms with Crippen LogP contribution in [0.5, 0.6) is 5.75 Å². The molecule has 1 atom stereocenters. The summed E-state index contributed by atoms with van der Waals surface area (Å²) in [5.41, 5.74) is 2.63. The van der Waals surface area contributed by atoms with Crippen LogP contribution in [-0.4, -0.2) is 29.9 Å². The van der Waals surface area contributed by atoms with Crippen LogP contribution >= 0.6 is 11.8 Å². The second-order valence-electron chi connectivity index (χ2n) is 7.18. The zero-order valence-corrected chi connectivity index (χ0v) is 18.5. The number of anilines is 1. The Balaban J connectivity index is 1.51. The van der Waals surface area contributed by atoms with Gasteiger partial charge >= 0.3 is 0 Å². The lowest BCUT2D eigenvalue weighted by molar-refractivity contribution is -0.119. The van der Waals surface area contributed by atoms with Crippen LogP contribution in [-0.2, 0) is 9.59 Å². The van der Waals surface area contributed by atoms with Crippen molar-refractivity contribution in [1.82, 2.24) is 5.32 Å². The SMILES string of the molecule is Cc1cccc(NC(=O)CSCC(=O)NC(COc2ccccc2F)c2ccccc2)c1. The molecule has 0 aliphatic heterocycles. The van der Waals surface area contributed by atoms with Crippen molar-refractivity contribution < 1.29 is 18.7 Å². The number of rotatable bonds is 10. The van der Waals surface area contributed by atoms with Crippen LogP contribution in [0.2, 0.25) is 0 Å². The van der Waals surface area contributed by atoms with E-state index in [-0.39, 0.29) is 35.7 Å². The molecule has 0 aliphatic carbocycles. The molecule has 0 fully saturated rings. The van der Waals surface area contributed by atoms with E-state index in [9.17, 15) is 14.0 Å². The normalized spacial score (nSPS) is 11.4. The Bertz CT molecular complexity index is 1050. The summed E-state index contributed by atoms with van der Waals surface area (Å²) < 4.78 is 19.5. The number of amides is 2. The standard InChI is InChI=1S/C25H25FN2O3S/c1-18-8-7-11-20(14-18)27-24(29)16-32-17-25(30)28-22(19-9-3-2-4-10-19)15-31-23-13-6-5-12-21(23)26/h2-14,22H,15-17H2,1H3,(H,27,29)(H,28,30). The lowest BCUT2D eigenvalue weighted by Crippen LogP contribution is -2.34. The molecule has 166 valence electrons. The Hall–Kier alpha value is -3.32. The van der Waals surface area contributed by atoms with Gasteiger partial charge in [-0.05, 0) is 42.3 Å². The molecule has 0 heterocycles. The summed E-state index contributed by atoms with van der Waals surface area (Å²) in [5, 5.41) is 5.73. The van der Waals surface area contributed by atoms with E-state index in [1.54, 1.807) is 18.2 Å². The predicted molar refractivity (Wildman–Crippen MR) is 126 cm³/mol. The molecule has 5 nitrogen and oxygen atoms in total. The zero-order chi connectivity index (χ0) is 22.8. The third-order valence-corrected chi connectivity index (χ3v) is 5.48. The molecule has 3 aromatic carbocycles. The number of para-hydroxylation sites is 1. The second-order valence-corrected chi connectivity index (χ2v) is 8.17. The van der Waals surface area contributed by atoms with E-state index in [1.165, 1.54) is 17.8 Å². The first-order chi connectivity index (χ1) is 15.5. The summed E-state index contributed by atoms with van der Waals surface area (Å²) in [6.45, 7) is 2.03. The number of carbonyl (C=O) groups is 2. The number of ether oxygens (including phenoxy) is 1. The Morgan fingerprint density at radius 1 is 0.938 bits per heavy atom. The summed E-state index contributed by atoms with van der Waals surface area (Å²) in [5.74, 6) is -0.459. The van der Waals surface area contributed by atoms with Crippen LogP contribution in [0.4, 0.5) is 10.1 Å². The van der Waals surface area contributed by atoms with Gasteiger partial charge in [-0.15, -0.1) is 11.8 Å². The number of nitrogens with one attached hydrogen (secondary N) is 2. The first-order valence-corrected chi connectivity index (χ1v) is 11.3. The molecule has 0 radical (unpaired) electrons. The van der Waals surface area contributed by atoms with Crippen LogP contribution in [0.25, 0.3) is 0 Å². The largest absolute Gasteiger partial charge is 0.488 e. The molecule has 0 saturated heterocycles. The summed E-state index contributed by atoms with van der Waals surface area (Å²) in [6, 6.07) is 22.6. The van der Waals surface area contributed by atoms with Crippen molar-refractivity contribution in [1.29, 1.82) is 0 Å². The lowest BCUT2D eigenvalue weighted by Gasteiger charge is -2.20. The van der Waals surface area contributed by atoms with Gasteiger partial charge in [0.25, 0.3) is 0 Å². The van der Waals surface area contributed by atoms with E-state index in [0.717, 1.165) is 16.8 Å². The molecule has 2 N–H and O–H groups in total. The van der Waals surface area contributed by atoms with Gasteiger partial charge in [-0.2, -0.15) is 0 Å². The number of hydrogen-bond donors (Lipinski definition) is 2. The van der Waals surface area contributed by atoms with E-state index in [4.69, 9.17) is 4.74 Å². The Morgan fingerprint density at radius 3 is 2.41 bits per heavy atom. The fourth-order valence-electron chi connectivity index (χ4n) is 3.03. The molecule has 32 heavy (non-hydrogen) atoms. The first kappa shape index (κ1) is 23.3.